The molecule has 0 atom stereocenters. The third-order valence-electron chi connectivity index (χ3n) is 7.45. The molecule has 0 amide bonds. The highest BCUT2D eigenvalue weighted by Gasteiger charge is 2.18. The number of H-pyrrole nitrogens is 2. The second-order valence-electron chi connectivity index (χ2n) is 10.1. The highest BCUT2D eigenvalue weighted by Crippen LogP contribution is 2.37. The van der Waals surface area contributed by atoms with E-state index in [0.717, 1.165) is 78.4 Å². The van der Waals surface area contributed by atoms with Gasteiger partial charge in [-0.05, 0) is 69.0 Å². The molecule has 1 aliphatic rings. The van der Waals surface area contributed by atoms with Crippen molar-refractivity contribution in [2.45, 2.75) is 45.1 Å². The number of aromatic nitrogens is 5. The first-order valence-corrected chi connectivity index (χ1v) is 14.1. The zero-order chi connectivity index (χ0) is 26.3. The minimum Gasteiger partial charge on any atom is -0.489 e. The molecule has 1 fully saturated rings. The molecule has 0 aliphatic heterocycles. The first-order chi connectivity index (χ1) is 19.1. The summed E-state index contributed by atoms with van der Waals surface area (Å²) in [4.78, 5) is 26.4. The van der Waals surface area contributed by atoms with Crippen LogP contribution in [0.1, 0.15) is 48.7 Å². The number of thiophene rings is 1. The molecule has 0 radical (unpaired) electrons. The van der Waals surface area contributed by atoms with Crippen LogP contribution in [0.2, 0.25) is 0 Å². The topological polar surface area (TPSA) is 96.6 Å². The van der Waals surface area contributed by atoms with Gasteiger partial charge >= 0.3 is 0 Å². The molecule has 0 unspecified atom stereocenters. The van der Waals surface area contributed by atoms with Gasteiger partial charge in [0.05, 0.1) is 40.3 Å². The molecular weight excluding hydrogens is 506 g/mol. The molecule has 0 saturated heterocycles. The minimum absolute atomic E-state index is 0.0851. The van der Waals surface area contributed by atoms with Gasteiger partial charge in [0, 0.05) is 38.5 Å². The summed E-state index contributed by atoms with van der Waals surface area (Å²) >= 11 is 1.52. The lowest BCUT2D eigenvalue weighted by Gasteiger charge is -2.22. The van der Waals surface area contributed by atoms with Gasteiger partial charge in [-0.15, -0.1) is 11.3 Å². The van der Waals surface area contributed by atoms with Crippen LogP contribution in [0.25, 0.3) is 54.9 Å². The Bertz CT molecular complexity index is 1830. The van der Waals surface area contributed by atoms with Crippen LogP contribution >= 0.6 is 11.3 Å². The molecule has 1 aliphatic carbocycles. The van der Waals surface area contributed by atoms with Crippen LogP contribution in [0.4, 0.5) is 0 Å². The van der Waals surface area contributed by atoms with E-state index in [9.17, 15) is 4.79 Å². The van der Waals surface area contributed by atoms with Crippen molar-refractivity contribution in [1.29, 1.82) is 0 Å². The van der Waals surface area contributed by atoms with E-state index in [1.807, 2.05) is 36.7 Å². The molecule has 0 spiro atoms. The Morgan fingerprint density at radius 2 is 1.87 bits per heavy atom. The summed E-state index contributed by atoms with van der Waals surface area (Å²) in [6.07, 6.45) is 11.6. The minimum atomic E-state index is 0.0851. The van der Waals surface area contributed by atoms with E-state index in [2.05, 4.69) is 49.4 Å². The fourth-order valence-corrected chi connectivity index (χ4v) is 6.39. The number of hydrogen-bond acceptors (Lipinski definition) is 6. The van der Waals surface area contributed by atoms with Gasteiger partial charge < -0.3 is 9.72 Å². The molecule has 0 bridgehead atoms. The summed E-state index contributed by atoms with van der Waals surface area (Å²) in [5.41, 5.74) is 6.44. The normalized spacial score (nSPS) is 14.3. The Morgan fingerprint density at radius 1 is 0.974 bits per heavy atom. The largest absolute Gasteiger partial charge is 0.489 e. The number of ketones is 1. The first kappa shape index (κ1) is 23.8. The zero-order valence-electron chi connectivity index (χ0n) is 21.5. The molecule has 39 heavy (non-hydrogen) atoms. The average Bonchev–Trinajstić information content (AvgIpc) is 3.71. The average molecular weight is 534 g/mol. The molecule has 2 N–H and O–H groups in total. The number of fused-ring (bicyclic) bond motifs is 2. The third-order valence-corrected chi connectivity index (χ3v) is 8.67. The van der Waals surface area contributed by atoms with Crippen molar-refractivity contribution >= 4 is 38.9 Å². The fraction of sp³-hybridized carbons (Fsp3) is 0.226. The van der Waals surface area contributed by atoms with Gasteiger partial charge in [0.1, 0.15) is 11.4 Å². The second-order valence-corrected chi connectivity index (χ2v) is 11.2. The maximum Gasteiger partial charge on any atom is 0.169 e. The van der Waals surface area contributed by atoms with Crippen molar-refractivity contribution in [2.24, 2.45) is 0 Å². The number of benzene rings is 1. The molecule has 194 valence electrons. The lowest BCUT2D eigenvalue weighted by Crippen LogP contribution is -2.19. The summed E-state index contributed by atoms with van der Waals surface area (Å²) in [5.74, 6) is 0.875. The quantitative estimate of drug-likeness (QED) is 0.213. The summed E-state index contributed by atoms with van der Waals surface area (Å²) in [6, 6.07) is 16.3. The van der Waals surface area contributed by atoms with Crippen LogP contribution in [0.3, 0.4) is 0 Å². The number of hydrogen-bond donors (Lipinski definition) is 2. The Labute approximate surface area is 229 Å². The predicted octanol–water partition coefficient (Wildman–Crippen LogP) is 7.81. The summed E-state index contributed by atoms with van der Waals surface area (Å²) in [6.45, 7) is 1.60. The van der Waals surface area contributed by atoms with Gasteiger partial charge in [0.15, 0.2) is 5.78 Å². The van der Waals surface area contributed by atoms with Crippen LogP contribution < -0.4 is 4.74 Å². The van der Waals surface area contributed by atoms with Gasteiger partial charge in [-0.2, -0.15) is 5.10 Å². The fourth-order valence-electron chi connectivity index (χ4n) is 5.45. The SMILES string of the molecule is CC(=O)c1ccc(-c2cccc3[nH]c(-c4n[nH]c5cnc(-c6cncc(OC7CCCCC7)c6)cc45)cc23)s1. The Hall–Kier alpha value is -4.30. The standard InChI is InChI=1S/C31H27N5O2S/c1-18(37)29-10-11-30(39-29)22-8-5-9-25-23(22)13-27(34-25)31-24-14-26(33-17-28(24)35-36-31)19-12-21(16-32-15-19)38-20-6-3-2-4-7-20/h5,8-17,20,34H,2-4,6-7H2,1H3,(H,35,36). The number of Topliss-reactive ketones (excluding diaryl/α,β-unsaturated/α-hetero) is 1. The molecule has 7 rings (SSSR count). The van der Waals surface area contributed by atoms with Gasteiger partial charge in [-0.3, -0.25) is 19.9 Å². The van der Waals surface area contributed by atoms with Crippen molar-refractivity contribution in [3.63, 3.8) is 0 Å². The first-order valence-electron chi connectivity index (χ1n) is 13.3. The van der Waals surface area contributed by atoms with Crippen molar-refractivity contribution < 1.29 is 9.53 Å². The van der Waals surface area contributed by atoms with Gasteiger partial charge in [0.2, 0.25) is 0 Å². The monoisotopic (exact) mass is 533 g/mol. The molecule has 6 aromatic rings. The van der Waals surface area contributed by atoms with Crippen molar-refractivity contribution in [2.75, 3.05) is 0 Å². The Morgan fingerprint density at radius 3 is 2.72 bits per heavy atom. The van der Waals surface area contributed by atoms with E-state index in [-0.39, 0.29) is 11.9 Å². The van der Waals surface area contributed by atoms with E-state index in [1.54, 1.807) is 13.1 Å². The summed E-state index contributed by atoms with van der Waals surface area (Å²) in [7, 11) is 0. The van der Waals surface area contributed by atoms with Crippen LogP contribution in [-0.2, 0) is 0 Å². The van der Waals surface area contributed by atoms with Gasteiger partial charge in [0.25, 0.3) is 0 Å². The molecule has 5 aromatic heterocycles. The lowest BCUT2D eigenvalue weighted by molar-refractivity contribution is 0.102. The van der Waals surface area contributed by atoms with Crippen molar-refractivity contribution in [3.8, 4) is 38.8 Å². The number of nitrogens with one attached hydrogen (secondary N) is 2. The number of nitrogens with zero attached hydrogens (tertiary/aromatic N) is 3. The van der Waals surface area contributed by atoms with Crippen LogP contribution in [0.15, 0.2) is 67.1 Å². The number of carbonyl (C=O) groups is 1. The van der Waals surface area contributed by atoms with Crippen molar-refractivity contribution in [3.05, 3.63) is 72.0 Å². The third kappa shape index (κ3) is 4.51. The van der Waals surface area contributed by atoms with Gasteiger partial charge in [-0.1, -0.05) is 18.6 Å². The summed E-state index contributed by atoms with van der Waals surface area (Å²) < 4.78 is 6.25. The maximum atomic E-state index is 11.9. The van der Waals surface area contributed by atoms with Crippen LogP contribution in [0, 0.1) is 0 Å². The lowest BCUT2D eigenvalue weighted by atomic mass is 9.98. The number of rotatable bonds is 6. The smallest absolute Gasteiger partial charge is 0.169 e. The van der Waals surface area contributed by atoms with Crippen molar-refractivity contribution in [1.82, 2.24) is 25.1 Å². The van der Waals surface area contributed by atoms with E-state index in [0.29, 0.717) is 0 Å². The number of pyridine rings is 2. The second kappa shape index (κ2) is 9.78. The maximum absolute atomic E-state index is 11.9. The Balaban J connectivity index is 1.25. The highest BCUT2D eigenvalue weighted by atomic mass is 32.1. The van der Waals surface area contributed by atoms with Gasteiger partial charge in [-0.25, -0.2) is 0 Å². The zero-order valence-corrected chi connectivity index (χ0v) is 22.3. The number of carbonyl (C=O) groups excluding carboxylic acids is 1. The van der Waals surface area contributed by atoms with E-state index < -0.39 is 0 Å². The highest BCUT2D eigenvalue weighted by molar-refractivity contribution is 7.17. The van der Waals surface area contributed by atoms with E-state index in [4.69, 9.17) is 4.74 Å². The molecule has 5 heterocycles. The number of aromatic amines is 2. The molecule has 1 saturated carbocycles. The predicted molar refractivity (Wildman–Crippen MR) is 155 cm³/mol. The molecule has 8 heteroatoms. The number of ether oxygens (including phenoxy) is 1. The Kier molecular flexibility index (Phi) is 5.97. The van der Waals surface area contributed by atoms with Crippen LogP contribution in [-0.4, -0.2) is 37.0 Å². The van der Waals surface area contributed by atoms with Crippen LogP contribution in [0.5, 0.6) is 5.75 Å². The summed E-state index contributed by atoms with van der Waals surface area (Å²) in [5, 5.41) is 9.83. The molecular formula is C31H27N5O2S. The van der Waals surface area contributed by atoms with E-state index >= 15 is 0 Å². The molecule has 1 aromatic carbocycles. The van der Waals surface area contributed by atoms with E-state index in [1.165, 1.54) is 30.6 Å². The molecule has 7 nitrogen and oxygen atoms in total.